The van der Waals surface area contributed by atoms with E-state index < -0.39 is 0 Å². The average molecular weight is 274 g/mol. The molecule has 1 aliphatic heterocycles. The lowest BCUT2D eigenvalue weighted by Gasteiger charge is -2.10. The summed E-state index contributed by atoms with van der Waals surface area (Å²) in [6.45, 7) is 3.22. The second-order valence-corrected chi connectivity index (χ2v) is 5.15. The van der Waals surface area contributed by atoms with Gasteiger partial charge in [-0.1, -0.05) is 6.07 Å². The number of aromatic nitrogens is 1. The van der Waals surface area contributed by atoms with Gasteiger partial charge in [-0.25, -0.2) is 4.98 Å². The van der Waals surface area contributed by atoms with Gasteiger partial charge in [0, 0.05) is 20.1 Å². The Morgan fingerprint density at radius 2 is 2.40 bits per heavy atom. The Labute approximate surface area is 117 Å². The Bertz CT molecular complexity index is 615. The average Bonchev–Trinajstić information content (AvgIpc) is 3.04. The van der Waals surface area contributed by atoms with Crippen LogP contribution in [0.4, 0.5) is 0 Å². The summed E-state index contributed by atoms with van der Waals surface area (Å²) in [6.07, 6.45) is 2.65. The van der Waals surface area contributed by atoms with Gasteiger partial charge in [0.2, 0.25) is 5.91 Å². The molecule has 0 saturated carbocycles. The third-order valence-electron chi connectivity index (χ3n) is 3.47. The molecule has 0 aliphatic carbocycles. The largest absolute Gasteiger partial charge is 0.441 e. The number of hydrogen-bond donors (Lipinski definition) is 1. The molecule has 0 bridgehead atoms. The molecule has 1 unspecified atom stereocenters. The second-order valence-electron chi connectivity index (χ2n) is 5.15. The number of nitrogens with one attached hydrogen (secondary N) is 1. The molecular formula is C15H18N2O3. The Morgan fingerprint density at radius 3 is 3.20 bits per heavy atom. The number of oxazole rings is 1. The minimum atomic E-state index is 0.0140. The summed E-state index contributed by atoms with van der Waals surface area (Å²) in [7, 11) is 0. The Morgan fingerprint density at radius 1 is 1.50 bits per heavy atom. The smallest absolute Gasteiger partial charge is 0.224 e. The van der Waals surface area contributed by atoms with Crippen molar-refractivity contribution in [3.8, 4) is 0 Å². The fraction of sp³-hybridized carbons (Fsp3) is 0.467. The number of aryl methyl sites for hydroxylation is 1. The summed E-state index contributed by atoms with van der Waals surface area (Å²) in [5, 5.41) is 2.92. The summed E-state index contributed by atoms with van der Waals surface area (Å²) < 4.78 is 10.9. The second kappa shape index (κ2) is 5.63. The zero-order chi connectivity index (χ0) is 13.9. The van der Waals surface area contributed by atoms with Gasteiger partial charge in [-0.2, -0.15) is 0 Å². The van der Waals surface area contributed by atoms with Crippen LogP contribution in [0.25, 0.3) is 11.1 Å². The van der Waals surface area contributed by atoms with Crippen molar-refractivity contribution in [1.29, 1.82) is 0 Å². The molecule has 3 rings (SSSR count). The number of carbonyl (C=O) groups excluding carboxylic acids is 1. The van der Waals surface area contributed by atoms with Crippen molar-refractivity contribution in [1.82, 2.24) is 10.3 Å². The molecule has 106 valence electrons. The van der Waals surface area contributed by atoms with Crippen LogP contribution in [0.2, 0.25) is 0 Å². The van der Waals surface area contributed by atoms with E-state index in [4.69, 9.17) is 9.15 Å². The molecule has 1 atom stereocenters. The summed E-state index contributed by atoms with van der Waals surface area (Å²) in [5.41, 5.74) is 2.49. The molecule has 5 nitrogen and oxygen atoms in total. The molecule has 1 N–H and O–H groups in total. The Kier molecular flexibility index (Phi) is 3.69. The predicted molar refractivity (Wildman–Crippen MR) is 74.4 cm³/mol. The van der Waals surface area contributed by atoms with E-state index in [1.165, 1.54) is 0 Å². The van der Waals surface area contributed by atoms with E-state index in [0.717, 1.165) is 36.1 Å². The quantitative estimate of drug-likeness (QED) is 0.925. The number of fused-ring (bicyclic) bond motifs is 1. The lowest BCUT2D eigenvalue weighted by molar-refractivity contribution is -0.120. The monoisotopic (exact) mass is 274 g/mol. The fourth-order valence-corrected chi connectivity index (χ4v) is 2.48. The predicted octanol–water partition coefficient (Wildman–Crippen LogP) is 1.97. The first-order chi connectivity index (χ1) is 9.70. The third kappa shape index (κ3) is 2.99. The van der Waals surface area contributed by atoms with Crippen molar-refractivity contribution < 1.29 is 13.9 Å². The highest BCUT2D eigenvalue weighted by atomic mass is 16.5. The number of carbonyl (C=O) groups is 1. The molecule has 2 aromatic rings. The third-order valence-corrected chi connectivity index (χ3v) is 3.47. The molecule has 2 heterocycles. The summed E-state index contributed by atoms with van der Waals surface area (Å²) in [6, 6.07) is 5.66. The van der Waals surface area contributed by atoms with Crippen LogP contribution < -0.4 is 5.32 Å². The van der Waals surface area contributed by atoms with Gasteiger partial charge in [0.1, 0.15) is 5.52 Å². The van der Waals surface area contributed by atoms with Crippen molar-refractivity contribution >= 4 is 17.0 Å². The van der Waals surface area contributed by atoms with Crippen molar-refractivity contribution in [2.45, 2.75) is 32.3 Å². The maximum atomic E-state index is 11.9. The first-order valence-corrected chi connectivity index (χ1v) is 6.95. The summed E-state index contributed by atoms with van der Waals surface area (Å²) >= 11 is 0. The number of rotatable bonds is 4. The topological polar surface area (TPSA) is 64.4 Å². The molecule has 1 amide bonds. The zero-order valence-electron chi connectivity index (χ0n) is 11.5. The standard InChI is InChI=1S/C15H18N2O3/c1-10-17-13-7-11(4-5-14(13)20-10)8-15(18)16-9-12-3-2-6-19-12/h4-5,7,12H,2-3,6,8-9H2,1H3,(H,16,18). The molecule has 0 radical (unpaired) electrons. The van der Waals surface area contributed by atoms with Crippen molar-refractivity contribution in [3.05, 3.63) is 29.7 Å². The number of benzene rings is 1. The minimum absolute atomic E-state index is 0.0140. The van der Waals surface area contributed by atoms with E-state index in [-0.39, 0.29) is 12.0 Å². The number of hydrogen-bond acceptors (Lipinski definition) is 4. The van der Waals surface area contributed by atoms with Gasteiger partial charge in [-0.05, 0) is 30.5 Å². The van der Waals surface area contributed by atoms with Crippen LogP contribution in [0, 0.1) is 6.92 Å². The maximum Gasteiger partial charge on any atom is 0.224 e. The SMILES string of the molecule is Cc1nc2cc(CC(=O)NCC3CCCO3)ccc2o1. The molecule has 5 heteroatoms. The van der Waals surface area contributed by atoms with Gasteiger partial charge in [0.05, 0.1) is 12.5 Å². The van der Waals surface area contributed by atoms with E-state index >= 15 is 0 Å². The molecule has 0 spiro atoms. The molecule has 20 heavy (non-hydrogen) atoms. The van der Waals surface area contributed by atoms with E-state index in [1.807, 2.05) is 25.1 Å². The summed E-state index contributed by atoms with van der Waals surface area (Å²) in [5.74, 6) is 0.653. The van der Waals surface area contributed by atoms with Crippen LogP contribution >= 0.6 is 0 Å². The lowest BCUT2D eigenvalue weighted by atomic mass is 10.1. The zero-order valence-corrected chi connectivity index (χ0v) is 11.5. The Balaban J connectivity index is 1.58. The first kappa shape index (κ1) is 13.1. The Hall–Kier alpha value is -1.88. The van der Waals surface area contributed by atoms with Gasteiger partial charge in [-0.3, -0.25) is 4.79 Å². The molecule has 1 aliphatic rings. The van der Waals surface area contributed by atoms with Crippen molar-refractivity contribution in [2.75, 3.05) is 13.2 Å². The number of ether oxygens (including phenoxy) is 1. The highest BCUT2D eigenvalue weighted by molar-refractivity contribution is 5.81. The minimum Gasteiger partial charge on any atom is -0.441 e. The van der Waals surface area contributed by atoms with Crippen LogP contribution in [0.5, 0.6) is 0 Å². The van der Waals surface area contributed by atoms with Crippen LogP contribution in [0.15, 0.2) is 22.6 Å². The van der Waals surface area contributed by atoms with E-state index in [1.54, 1.807) is 0 Å². The normalized spacial score (nSPS) is 18.6. The molecule has 1 fully saturated rings. The van der Waals surface area contributed by atoms with Gasteiger partial charge in [0.15, 0.2) is 11.5 Å². The highest BCUT2D eigenvalue weighted by Gasteiger charge is 2.16. The van der Waals surface area contributed by atoms with E-state index in [0.29, 0.717) is 18.9 Å². The van der Waals surface area contributed by atoms with Crippen LogP contribution in [0.3, 0.4) is 0 Å². The fourth-order valence-electron chi connectivity index (χ4n) is 2.48. The van der Waals surface area contributed by atoms with Gasteiger partial charge in [-0.15, -0.1) is 0 Å². The first-order valence-electron chi connectivity index (χ1n) is 6.95. The molecule has 1 aromatic heterocycles. The van der Waals surface area contributed by atoms with Crippen LogP contribution in [-0.4, -0.2) is 30.1 Å². The van der Waals surface area contributed by atoms with E-state index in [2.05, 4.69) is 10.3 Å². The maximum absolute atomic E-state index is 11.9. The highest BCUT2D eigenvalue weighted by Crippen LogP contribution is 2.17. The van der Waals surface area contributed by atoms with Crippen LogP contribution in [0.1, 0.15) is 24.3 Å². The molecule has 1 aromatic carbocycles. The van der Waals surface area contributed by atoms with E-state index in [9.17, 15) is 4.79 Å². The molecule has 1 saturated heterocycles. The lowest BCUT2D eigenvalue weighted by Crippen LogP contribution is -2.32. The van der Waals surface area contributed by atoms with Crippen molar-refractivity contribution in [3.63, 3.8) is 0 Å². The molecular weight excluding hydrogens is 256 g/mol. The van der Waals surface area contributed by atoms with Crippen molar-refractivity contribution in [2.24, 2.45) is 0 Å². The van der Waals surface area contributed by atoms with Gasteiger partial charge >= 0.3 is 0 Å². The van der Waals surface area contributed by atoms with Gasteiger partial charge < -0.3 is 14.5 Å². The van der Waals surface area contributed by atoms with Crippen LogP contribution in [-0.2, 0) is 16.0 Å². The summed E-state index contributed by atoms with van der Waals surface area (Å²) in [4.78, 5) is 16.2. The van der Waals surface area contributed by atoms with Gasteiger partial charge in [0.25, 0.3) is 0 Å². The number of amides is 1. The number of nitrogens with zero attached hydrogens (tertiary/aromatic N) is 1.